The van der Waals surface area contributed by atoms with E-state index in [1.54, 1.807) is 17.7 Å². The van der Waals surface area contributed by atoms with Crippen molar-refractivity contribution in [2.45, 2.75) is 31.9 Å². The molecular weight excluding hydrogens is 454 g/mol. The van der Waals surface area contributed by atoms with Crippen LogP contribution in [0.15, 0.2) is 91.4 Å². The number of imidazole rings is 1. The first-order valence-corrected chi connectivity index (χ1v) is 12.0. The summed E-state index contributed by atoms with van der Waals surface area (Å²) >= 11 is 0. The molecule has 0 spiro atoms. The van der Waals surface area contributed by atoms with Crippen molar-refractivity contribution in [3.05, 3.63) is 103 Å². The van der Waals surface area contributed by atoms with Gasteiger partial charge in [-0.2, -0.15) is 0 Å². The number of rotatable bonds is 12. The number of aliphatic hydroxyl groups excluding tert-OH is 1. The quantitative estimate of drug-likeness (QED) is 0.284. The molecule has 186 valence electrons. The predicted molar refractivity (Wildman–Crippen MR) is 139 cm³/mol. The van der Waals surface area contributed by atoms with Crippen molar-refractivity contribution in [1.29, 1.82) is 0 Å². The number of amides is 1. The minimum atomic E-state index is -0.630. The first-order chi connectivity index (χ1) is 17.5. The molecule has 3 aromatic carbocycles. The number of carbonyl (C=O) groups is 1. The van der Waals surface area contributed by atoms with Gasteiger partial charge in [-0.25, -0.2) is 4.98 Å². The van der Waals surface area contributed by atoms with Gasteiger partial charge >= 0.3 is 0 Å². The molecule has 1 heterocycles. The number of benzene rings is 3. The summed E-state index contributed by atoms with van der Waals surface area (Å²) in [5, 5.41) is 10.3. The summed E-state index contributed by atoms with van der Waals surface area (Å²) in [5.41, 5.74) is 8.84. The molecule has 0 saturated heterocycles. The van der Waals surface area contributed by atoms with Crippen LogP contribution in [0.4, 0.5) is 0 Å². The Bertz CT molecular complexity index is 1250. The monoisotopic (exact) mass is 485 g/mol. The van der Waals surface area contributed by atoms with Crippen molar-refractivity contribution in [3.63, 3.8) is 0 Å². The lowest BCUT2D eigenvalue weighted by molar-refractivity contribution is 0.0994. The van der Waals surface area contributed by atoms with E-state index in [1.165, 1.54) is 11.9 Å². The maximum atomic E-state index is 11.4. The van der Waals surface area contributed by atoms with Crippen LogP contribution in [0.3, 0.4) is 0 Å². The van der Waals surface area contributed by atoms with Gasteiger partial charge in [-0.15, -0.1) is 0 Å². The van der Waals surface area contributed by atoms with Gasteiger partial charge in [0.05, 0.1) is 18.5 Å². The highest BCUT2D eigenvalue weighted by Crippen LogP contribution is 2.25. The van der Waals surface area contributed by atoms with Crippen LogP contribution in [-0.2, 0) is 6.42 Å². The first kappa shape index (κ1) is 25.0. The van der Waals surface area contributed by atoms with Crippen molar-refractivity contribution in [3.8, 4) is 22.6 Å². The zero-order valence-corrected chi connectivity index (χ0v) is 20.3. The fourth-order valence-corrected chi connectivity index (χ4v) is 4.12. The van der Waals surface area contributed by atoms with Crippen LogP contribution in [0.5, 0.6) is 11.5 Å². The van der Waals surface area contributed by atoms with E-state index in [2.05, 4.69) is 17.1 Å². The molecule has 4 aromatic rings. The molecule has 1 amide bonds. The standard InChI is InChI=1S/C29H31N3O4/c1-21(33)27(32-19-26(29(30)34)31-20-32)16-13-24-9-5-6-10-28(24)36-18-17-35-25-14-11-23(12-15-25)22-7-3-2-4-8-22/h2-12,14-15,19-21,27,33H,13,16-18H2,1H3,(H2,30,34)/t21-,27+/m0/s1. The number of aliphatic hydroxyl groups is 1. The van der Waals surface area contributed by atoms with Gasteiger partial charge in [0.1, 0.15) is 30.4 Å². The van der Waals surface area contributed by atoms with E-state index in [9.17, 15) is 9.90 Å². The molecule has 0 saturated carbocycles. The summed E-state index contributed by atoms with van der Waals surface area (Å²) in [5.74, 6) is 0.988. The van der Waals surface area contributed by atoms with Crippen molar-refractivity contribution < 1.29 is 19.4 Å². The fourth-order valence-electron chi connectivity index (χ4n) is 4.12. The number of aromatic nitrogens is 2. The Morgan fingerprint density at radius 2 is 1.61 bits per heavy atom. The lowest BCUT2D eigenvalue weighted by atomic mass is 10.0. The van der Waals surface area contributed by atoms with Crippen LogP contribution in [0.25, 0.3) is 11.1 Å². The van der Waals surface area contributed by atoms with Gasteiger partial charge < -0.3 is 24.9 Å². The largest absolute Gasteiger partial charge is 0.490 e. The minimum absolute atomic E-state index is 0.180. The Hall–Kier alpha value is -4.10. The maximum absolute atomic E-state index is 11.4. The average Bonchev–Trinajstić information content (AvgIpc) is 3.38. The average molecular weight is 486 g/mol. The van der Waals surface area contributed by atoms with Crippen molar-refractivity contribution >= 4 is 5.91 Å². The van der Waals surface area contributed by atoms with Gasteiger partial charge in [-0.1, -0.05) is 60.7 Å². The third-order valence-corrected chi connectivity index (χ3v) is 6.05. The fraction of sp³-hybridized carbons (Fsp3) is 0.241. The molecule has 0 aliphatic carbocycles. The van der Waals surface area contributed by atoms with Crippen LogP contribution in [0.1, 0.15) is 35.4 Å². The van der Waals surface area contributed by atoms with Crippen LogP contribution >= 0.6 is 0 Å². The van der Waals surface area contributed by atoms with E-state index in [4.69, 9.17) is 15.2 Å². The number of hydrogen-bond acceptors (Lipinski definition) is 5. The SMILES string of the molecule is C[C@H](O)[C@@H](CCc1ccccc1OCCOc1ccc(-c2ccccc2)cc1)n1cnc(C(N)=O)c1. The van der Waals surface area contributed by atoms with Gasteiger partial charge in [-0.3, -0.25) is 4.79 Å². The Kier molecular flexibility index (Phi) is 8.36. The van der Waals surface area contributed by atoms with E-state index in [0.717, 1.165) is 22.6 Å². The topological polar surface area (TPSA) is 99.6 Å². The highest BCUT2D eigenvalue weighted by atomic mass is 16.5. The maximum Gasteiger partial charge on any atom is 0.268 e. The zero-order chi connectivity index (χ0) is 25.3. The van der Waals surface area contributed by atoms with E-state index in [0.29, 0.717) is 26.1 Å². The molecule has 7 heteroatoms. The lowest BCUT2D eigenvalue weighted by Crippen LogP contribution is -2.21. The second kappa shape index (κ2) is 12.0. The highest BCUT2D eigenvalue weighted by Gasteiger charge is 2.19. The summed E-state index contributed by atoms with van der Waals surface area (Å²) in [6.07, 6.45) is 3.79. The number of hydrogen-bond donors (Lipinski definition) is 2. The van der Waals surface area contributed by atoms with Gasteiger partial charge in [0, 0.05) is 6.20 Å². The van der Waals surface area contributed by atoms with Crippen LogP contribution in [-0.4, -0.2) is 39.9 Å². The van der Waals surface area contributed by atoms with Crippen molar-refractivity contribution in [2.75, 3.05) is 13.2 Å². The number of para-hydroxylation sites is 1. The molecule has 1 aromatic heterocycles. The molecule has 4 rings (SSSR count). The molecule has 0 radical (unpaired) electrons. The lowest BCUT2D eigenvalue weighted by Gasteiger charge is -2.22. The normalized spacial score (nSPS) is 12.6. The summed E-state index contributed by atoms with van der Waals surface area (Å²) in [4.78, 5) is 15.4. The van der Waals surface area contributed by atoms with E-state index in [1.807, 2.05) is 66.7 Å². The summed E-state index contributed by atoms with van der Waals surface area (Å²) in [6, 6.07) is 25.8. The van der Waals surface area contributed by atoms with Gasteiger partial charge in [-0.05, 0) is 54.7 Å². The Morgan fingerprint density at radius 1 is 0.944 bits per heavy atom. The third kappa shape index (κ3) is 6.52. The van der Waals surface area contributed by atoms with Crippen molar-refractivity contribution in [2.24, 2.45) is 5.73 Å². The van der Waals surface area contributed by atoms with Gasteiger partial charge in [0.25, 0.3) is 5.91 Å². The van der Waals surface area contributed by atoms with Crippen molar-refractivity contribution in [1.82, 2.24) is 9.55 Å². The second-order valence-electron chi connectivity index (χ2n) is 8.61. The Morgan fingerprint density at radius 3 is 2.31 bits per heavy atom. The number of aryl methyl sites for hydroxylation is 1. The molecule has 3 N–H and O–H groups in total. The number of nitrogens with zero attached hydrogens (tertiary/aromatic N) is 2. The summed E-state index contributed by atoms with van der Waals surface area (Å²) in [7, 11) is 0. The molecule has 0 aliphatic heterocycles. The van der Waals surface area contributed by atoms with E-state index >= 15 is 0 Å². The number of nitrogens with two attached hydrogens (primary N) is 1. The van der Waals surface area contributed by atoms with Crippen LogP contribution < -0.4 is 15.2 Å². The summed E-state index contributed by atoms with van der Waals surface area (Å²) < 4.78 is 13.6. The molecule has 36 heavy (non-hydrogen) atoms. The van der Waals surface area contributed by atoms with E-state index in [-0.39, 0.29) is 11.7 Å². The second-order valence-corrected chi connectivity index (χ2v) is 8.61. The predicted octanol–water partition coefficient (Wildman–Crippen LogP) is 4.66. The minimum Gasteiger partial charge on any atom is -0.490 e. The molecule has 0 unspecified atom stereocenters. The number of carbonyl (C=O) groups excluding carboxylic acids is 1. The number of primary amides is 1. The molecule has 0 bridgehead atoms. The Labute approximate surface area is 211 Å². The molecule has 0 fully saturated rings. The van der Waals surface area contributed by atoms with Crippen LogP contribution in [0.2, 0.25) is 0 Å². The summed E-state index contributed by atoms with van der Waals surface area (Å²) in [6.45, 7) is 2.54. The van der Waals surface area contributed by atoms with Gasteiger partial charge in [0.2, 0.25) is 0 Å². The first-order valence-electron chi connectivity index (χ1n) is 12.0. The smallest absolute Gasteiger partial charge is 0.268 e. The van der Waals surface area contributed by atoms with Gasteiger partial charge in [0.15, 0.2) is 0 Å². The third-order valence-electron chi connectivity index (χ3n) is 6.05. The zero-order valence-electron chi connectivity index (χ0n) is 20.3. The molecule has 7 nitrogen and oxygen atoms in total. The highest BCUT2D eigenvalue weighted by molar-refractivity contribution is 5.90. The van der Waals surface area contributed by atoms with Crippen LogP contribution in [0, 0.1) is 0 Å². The molecular formula is C29H31N3O4. The Balaban J connectivity index is 1.30. The molecule has 0 aliphatic rings. The van der Waals surface area contributed by atoms with E-state index < -0.39 is 12.0 Å². The number of ether oxygens (including phenoxy) is 2. The molecule has 2 atom stereocenters.